The van der Waals surface area contributed by atoms with E-state index in [0.717, 1.165) is 5.02 Å². The Morgan fingerprint density at radius 1 is 1.47 bits per heavy atom. The molecule has 0 fully saturated rings. The van der Waals surface area contributed by atoms with Gasteiger partial charge in [-0.1, -0.05) is 31.4 Å². The van der Waals surface area contributed by atoms with Crippen LogP contribution in [0.4, 0.5) is 5.69 Å². The molecule has 0 heterocycles. The first-order valence-corrected chi connectivity index (χ1v) is 6.80. The minimum Gasteiger partial charge on any atom is -0.382 e. The number of halogens is 2. The lowest BCUT2D eigenvalue weighted by atomic mass is 10.1. The Kier molecular flexibility index (Phi) is 5.75. The first-order chi connectivity index (χ1) is 7.13. The molecule has 1 nitrogen and oxygen atoms in total. The molecule has 0 aliphatic carbocycles. The number of hydrogen-bond donors (Lipinski definition) is 1. The molecule has 0 aromatic heterocycles. The third kappa shape index (κ3) is 4.60. The Morgan fingerprint density at radius 2 is 2.20 bits per heavy atom. The minimum atomic E-state index is 0.527. The Labute approximate surface area is 111 Å². The van der Waals surface area contributed by atoms with Gasteiger partial charge in [-0.3, -0.25) is 0 Å². The maximum absolute atomic E-state index is 5.90. The first-order valence-electron chi connectivity index (χ1n) is 5.35. The van der Waals surface area contributed by atoms with Crippen molar-refractivity contribution in [3.05, 3.63) is 26.8 Å². The third-order valence-electron chi connectivity index (χ3n) is 2.32. The van der Waals surface area contributed by atoms with E-state index in [4.69, 9.17) is 11.6 Å². The van der Waals surface area contributed by atoms with Gasteiger partial charge >= 0.3 is 0 Å². The van der Waals surface area contributed by atoms with Crippen LogP contribution in [0, 0.1) is 3.57 Å². The van der Waals surface area contributed by atoms with Crippen LogP contribution in [-0.4, -0.2) is 6.04 Å². The highest BCUT2D eigenvalue weighted by molar-refractivity contribution is 14.1. The molecule has 0 bridgehead atoms. The Balaban J connectivity index is 2.56. The molecule has 0 spiro atoms. The van der Waals surface area contributed by atoms with E-state index in [1.807, 2.05) is 18.2 Å². The Bertz CT molecular complexity index is 314. The highest BCUT2D eigenvalue weighted by Crippen LogP contribution is 2.23. The Morgan fingerprint density at radius 3 is 2.80 bits per heavy atom. The lowest BCUT2D eigenvalue weighted by molar-refractivity contribution is 0.645. The van der Waals surface area contributed by atoms with E-state index in [1.165, 1.54) is 28.5 Å². The topological polar surface area (TPSA) is 12.0 Å². The smallest absolute Gasteiger partial charge is 0.0478 e. The zero-order valence-corrected chi connectivity index (χ0v) is 12.1. The van der Waals surface area contributed by atoms with E-state index < -0.39 is 0 Å². The van der Waals surface area contributed by atoms with Gasteiger partial charge in [0, 0.05) is 20.3 Å². The molecule has 1 aromatic carbocycles. The fourth-order valence-electron chi connectivity index (χ4n) is 1.45. The molecule has 0 radical (unpaired) electrons. The van der Waals surface area contributed by atoms with Gasteiger partial charge in [0.15, 0.2) is 0 Å². The highest BCUT2D eigenvalue weighted by atomic mass is 127. The van der Waals surface area contributed by atoms with Crippen LogP contribution in [0.3, 0.4) is 0 Å². The van der Waals surface area contributed by atoms with Gasteiger partial charge in [0.1, 0.15) is 0 Å². The largest absolute Gasteiger partial charge is 0.382 e. The first kappa shape index (κ1) is 13.1. The van der Waals surface area contributed by atoms with Crippen molar-refractivity contribution in [1.29, 1.82) is 0 Å². The van der Waals surface area contributed by atoms with E-state index in [2.05, 4.69) is 41.8 Å². The quantitative estimate of drug-likeness (QED) is 0.751. The van der Waals surface area contributed by atoms with Gasteiger partial charge in [0.25, 0.3) is 0 Å². The van der Waals surface area contributed by atoms with Crippen molar-refractivity contribution in [3.63, 3.8) is 0 Å². The standard InChI is InChI=1S/C12H17ClIN/c1-3-4-5-9(2)15-12-7-6-10(13)8-11(12)14/h6-9,15H,3-5H2,1-2H3. The number of hydrogen-bond acceptors (Lipinski definition) is 1. The maximum atomic E-state index is 5.90. The summed E-state index contributed by atoms with van der Waals surface area (Å²) in [6.07, 6.45) is 3.75. The summed E-state index contributed by atoms with van der Waals surface area (Å²) in [6, 6.07) is 6.49. The molecule has 0 aliphatic heterocycles. The van der Waals surface area contributed by atoms with Gasteiger partial charge in [-0.15, -0.1) is 0 Å². The van der Waals surface area contributed by atoms with Crippen LogP contribution >= 0.6 is 34.2 Å². The van der Waals surface area contributed by atoms with Crippen molar-refractivity contribution in [2.45, 2.75) is 39.2 Å². The molecular weight excluding hydrogens is 320 g/mol. The second-order valence-electron chi connectivity index (χ2n) is 3.81. The van der Waals surface area contributed by atoms with Gasteiger partial charge in [-0.25, -0.2) is 0 Å². The average molecular weight is 338 g/mol. The molecule has 1 N–H and O–H groups in total. The molecule has 0 amide bonds. The summed E-state index contributed by atoms with van der Waals surface area (Å²) in [5, 5.41) is 4.30. The third-order valence-corrected chi connectivity index (χ3v) is 3.45. The molecule has 0 saturated heterocycles. The predicted octanol–water partition coefficient (Wildman–Crippen LogP) is 4.94. The van der Waals surface area contributed by atoms with Gasteiger partial charge in [-0.05, 0) is 54.1 Å². The van der Waals surface area contributed by atoms with Crippen LogP contribution in [0.25, 0.3) is 0 Å². The van der Waals surface area contributed by atoms with Crippen LogP contribution < -0.4 is 5.32 Å². The molecule has 84 valence electrons. The number of rotatable bonds is 5. The molecule has 1 unspecified atom stereocenters. The maximum Gasteiger partial charge on any atom is 0.0478 e. The fourth-order valence-corrected chi connectivity index (χ4v) is 2.48. The summed E-state index contributed by atoms with van der Waals surface area (Å²) < 4.78 is 1.18. The number of unbranched alkanes of at least 4 members (excludes halogenated alkanes) is 1. The van der Waals surface area contributed by atoms with Gasteiger partial charge in [0.05, 0.1) is 0 Å². The monoisotopic (exact) mass is 337 g/mol. The summed E-state index contributed by atoms with van der Waals surface area (Å²) >= 11 is 8.21. The molecule has 1 rings (SSSR count). The highest BCUT2D eigenvalue weighted by Gasteiger charge is 2.04. The lowest BCUT2D eigenvalue weighted by Crippen LogP contribution is -2.15. The van der Waals surface area contributed by atoms with E-state index in [1.54, 1.807) is 0 Å². The van der Waals surface area contributed by atoms with Crippen molar-refractivity contribution in [1.82, 2.24) is 0 Å². The lowest BCUT2D eigenvalue weighted by Gasteiger charge is -2.16. The van der Waals surface area contributed by atoms with Crippen molar-refractivity contribution in [2.75, 3.05) is 5.32 Å². The fraction of sp³-hybridized carbons (Fsp3) is 0.500. The second-order valence-corrected chi connectivity index (χ2v) is 5.41. The number of nitrogens with one attached hydrogen (secondary N) is 1. The van der Waals surface area contributed by atoms with Crippen LogP contribution in [-0.2, 0) is 0 Å². The van der Waals surface area contributed by atoms with E-state index in [0.29, 0.717) is 6.04 Å². The minimum absolute atomic E-state index is 0.527. The van der Waals surface area contributed by atoms with E-state index in [-0.39, 0.29) is 0 Å². The van der Waals surface area contributed by atoms with Crippen molar-refractivity contribution < 1.29 is 0 Å². The number of benzene rings is 1. The molecule has 1 aromatic rings. The van der Waals surface area contributed by atoms with Crippen molar-refractivity contribution in [3.8, 4) is 0 Å². The molecule has 15 heavy (non-hydrogen) atoms. The van der Waals surface area contributed by atoms with E-state index in [9.17, 15) is 0 Å². The summed E-state index contributed by atoms with van der Waals surface area (Å²) in [5.74, 6) is 0. The molecule has 0 saturated carbocycles. The van der Waals surface area contributed by atoms with Gasteiger partial charge in [0.2, 0.25) is 0 Å². The summed E-state index contributed by atoms with van der Waals surface area (Å²) in [5.41, 5.74) is 1.18. The normalized spacial score (nSPS) is 12.5. The van der Waals surface area contributed by atoms with E-state index >= 15 is 0 Å². The van der Waals surface area contributed by atoms with Crippen LogP contribution in [0.1, 0.15) is 33.1 Å². The average Bonchev–Trinajstić information content (AvgIpc) is 2.19. The van der Waals surface area contributed by atoms with Crippen LogP contribution in [0.15, 0.2) is 18.2 Å². The zero-order valence-electron chi connectivity index (χ0n) is 9.19. The molecule has 3 heteroatoms. The Hall–Kier alpha value is 0.0400. The summed E-state index contributed by atoms with van der Waals surface area (Å²) in [6.45, 7) is 4.44. The van der Waals surface area contributed by atoms with Gasteiger partial charge < -0.3 is 5.32 Å². The van der Waals surface area contributed by atoms with Crippen LogP contribution in [0.2, 0.25) is 5.02 Å². The summed E-state index contributed by atoms with van der Waals surface area (Å²) in [7, 11) is 0. The summed E-state index contributed by atoms with van der Waals surface area (Å²) in [4.78, 5) is 0. The van der Waals surface area contributed by atoms with Crippen LogP contribution in [0.5, 0.6) is 0 Å². The molecule has 0 aliphatic rings. The molecule has 1 atom stereocenters. The van der Waals surface area contributed by atoms with Gasteiger partial charge in [-0.2, -0.15) is 0 Å². The SMILES string of the molecule is CCCCC(C)Nc1ccc(Cl)cc1I. The van der Waals surface area contributed by atoms with Crippen molar-refractivity contribution in [2.24, 2.45) is 0 Å². The molecular formula is C12H17ClIN. The predicted molar refractivity (Wildman–Crippen MR) is 76.8 cm³/mol. The van der Waals surface area contributed by atoms with Crippen molar-refractivity contribution >= 4 is 39.9 Å². The second kappa shape index (κ2) is 6.59. The zero-order chi connectivity index (χ0) is 11.3. The number of anilines is 1.